The molecule has 0 spiro atoms. The van der Waals surface area contributed by atoms with E-state index in [0.29, 0.717) is 0 Å². The molecule has 0 radical (unpaired) electrons. The molecular formula is C24H23N5O. The van der Waals surface area contributed by atoms with E-state index in [2.05, 4.69) is 28.1 Å². The van der Waals surface area contributed by atoms with Gasteiger partial charge in [-0.25, -0.2) is 4.79 Å². The van der Waals surface area contributed by atoms with Crippen LogP contribution >= 0.6 is 0 Å². The van der Waals surface area contributed by atoms with Crippen molar-refractivity contribution in [2.24, 2.45) is 7.05 Å². The Morgan fingerprint density at radius 1 is 1.07 bits per heavy atom. The molecule has 2 aromatic carbocycles. The normalized spacial score (nSPS) is 14.1. The first-order chi connectivity index (χ1) is 14.4. The van der Waals surface area contributed by atoms with E-state index in [0.717, 1.165) is 52.0 Å². The number of pyridine rings is 1. The first-order valence-corrected chi connectivity index (χ1v) is 10.2. The molecule has 3 heterocycles. The number of rotatable bonds is 3. The SMILES string of the molecule is Cn1c(=O)n(-c2ccc(C(C)(C)C#N)cc2)c2c3cc(N4CCC4)ccc3ncc21. The molecule has 6 nitrogen and oxygen atoms in total. The van der Waals surface area contributed by atoms with Gasteiger partial charge in [-0.3, -0.25) is 14.1 Å². The van der Waals surface area contributed by atoms with Gasteiger partial charge in [0.05, 0.1) is 39.9 Å². The smallest absolute Gasteiger partial charge is 0.333 e. The van der Waals surface area contributed by atoms with E-state index in [1.165, 1.54) is 6.42 Å². The van der Waals surface area contributed by atoms with Gasteiger partial charge in [-0.05, 0) is 56.2 Å². The predicted octanol–water partition coefficient (Wildman–Crippen LogP) is 3.89. The van der Waals surface area contributed by atoms with Crippen molar-refractivity contribution in [3.8, 4) is 11.8 Å². The fourth-order valence-electron chi connectivity index (χ4n) is 4.09. The highest BCUT2D eigenvalue weighted by Crippen LogP contribution is 2.31. The summed E-state index contributed by atoms with van der Waals surface area (Å²) in [5.74, 6) is 0. The summed E-state index contributed by atoms with van der Waals surface area (Å²) in [6, 6.07) is 16.3. The molecular weight excluding hydrogens is 374 g/mol. The van der Waals surface area contributed by atoms with Crippen molar-refractivity contribution in [1.29, 1.82) is 5.26 Å². The van der Waals surface area contributed by atoms with Crippen LogP contribution in [0.2, 0.25) is 0 Å². The molecule has 0 unspecified atom stereocenters. The van der Waals surface area contributed by atoms with Crippen LogP contribution in [-0.2, 0) is 12.5 Å². The van der Waals surface area contributed by atoms with Crippen LogP contribution in [0, 0.1) is 11.3 Å². The summed E-state index contributed by atoms with van der Waals surface area (Å²) in [6.07, 6.45) is 2.98. The Kier molecular flexibility index (Phi) is 3.97. The molecule has 0 amide bonds. The molecule has 0 N–H and O–H groups in total. The number of hydrogen-bond acceptors (Lipinski definition) is 4. The fraction of sp³-hybridized carbons (Fsp3) is 0.292. The Labute approximate surface area is 174 Å². The number of fused-ring (bicyclic) bond motifs is 3. The number of hydrogen-bond donors (Lipinski definition) is 0. The summed E-state index contributed by atoms with van der Waals surface area (Å²) < 4.78 is 3.40. The molecule has 30 heavy (non-hydrogen) atoms. The number of aryl methyl sites for hydroxylation is 1. The van der Waals surface area contributed by atoms with Crippen LogP contribution in [0.5, 0.6) is 0 Å². The summed E-state index contributed by atoms with van der Waals surface area (Å²) >= 11 is 0. The van der Waals surface area contributed by atoms with Gasteiger partial charge >= 0.3 is 5.69 Å². The third-order valence-corrected chi connectivity index (χ3v) is 6.21. The lowest BCUT2D eigenvalue weighted by atomic mass is 9.86. The van der Waals surface area contributed by atoms with Crippen LogP contribution in [0.3, 0.4) is 0 Å². The lowest BCUT2D eigenvalue weighted by molar-refractivity contribution is 0.618. The first-order valence-electron chi connectivity index (χ1n) is 10.2. The maximum Gasteiger partial charge on any atom is 0.333 e. The molecule has 6 heteroatoms. The molecule has 0 saturated carbocycles. The minimum absolute atomic E-state index is 0.110. The van der Waals surface area contributed by atoms with E-state index in [-0.39, 0.29) is 5.69 Å². The Morgan fingerprint density at radius 3 is 2.40 bits per heavy atom. The van der Waals surface area contributed by atoms with Crippen LogP contribution in [0.25, 0.3) is 27.6 Å². The van der Waals surface area contributed by atoms with Gasteiger partial charge in [-0.1, -0.05) is 12.1 Å². The van der Waals surface area contributed by atoms with E-state index in [1.807, 2.05) is 44.2 Å². The van der Waals surface area contributed by atoms with Crippen LogP contribution in [0.15, 0.2) is 53.5 Å². The summed E-state index contributed by atoms with van der Waals surface area (Å²) in [7, 11) is 1.78. The third kappa shape index (κ3) is 2.62. The van der Waals surface area contributed by atoms with Gasteiger partial charge in [0.15, 0.2) is 0 Å². The Hall–Kier alpha value is -3.59. The van der Waals surface area contributed by atoms with Gasteiger partial charge in [-0.15, -0.1) is 0 Å². The molecule has 5 rings (SSSR count). The highest BCUT2D eigenvalue weighted by atomic mass is 16.1. The molecule has 0 atom stereocenters. The van der Waals surface area contributed by atoms with Crippen molar-refractivity contribution < 1.29 is 0 Å². The second-order valence-electron chi connectivity index (χ2n) is 8.49. The van der Waals surface area contributed by atoms with E-state index in [9.17, 15) is 10.1 Å². The van der Waals surface area contributed by atoms with Gasteiger partial charge in [0, 0.05) is 31.2 Å². The van der Waals surface area contributed by atoms with Gasteiger partial charge in [-0.2, -0.15) is 5.26 Å². The second-order valence-corrected chi connectivity index (χ2v) is 8.49. The van der Waals surface area contributed by atoms with Crippen LogP contribution in [0.4, 0.5) is 5.69 Å². The van der Waals surface area contributed by atoms with Crippen molar-refractivity contribution in [2.75, 3.05) is 18.0 Å². The largest absolute Gasteiger partial charge is 0.371 e. The highest BCUT2D eigenvalue weighted by molar-refractivity contribution is 6.04. The van der Waals surface area contributed by atoms with Crippen LogP contribution < -0.4 is 10.6 Å². The van der Waals surface area contributed by atoms with Crippen molar-refractivity contribution in [3.63, 3.8) is 0 Å². The van der Waals surface area contributed by atoms with E-state index in [4.69, 9.17) is 0 Å². The number of benzene rings is 2. The van der Waals surface area contributed by atoms with Gasteiger partial charge in [0.1, 0.15) is 0 Å². The second kappa shape index (κ2) is 6.46. The minimum atomic E-state index is -0.578. The zero-order valence-electron chi connectivity index (χ0n) is 17.4. The van der Waals surface area contributed by atoms with Crippen molar-refractivity contribution in [3.05, 3.63) is 64.7 Å². The number of anilines is 1. The lowest BCUT2D eigenvalue weighted by Gasteiger charge is -2.33. The number of nitrogens with zero attached hydrogens (tertiary/aromatic N) is 5. The molecule has 150 valence electrons. The highest BCUT2D eigenvalue weighted by Gasteiger charge is 2.21. The average Bonchev–Trinajstić information content (AvgIpc) is 2.98. The molecule has 1 aliphatic heterocycles. The topological polar surface area (TPSA) is 66.8 Å². The summed E-state index contributed by atoms with van der Waals surface area (Å²) in [5.41, 5.74) is 4.71. The molecule has 4 aromatic rings. The maximum atomic E-state index is 13.2. The number of nitriles is 1. The Balaban J connectivity index is 1.77. The molecule has 1 saturated heterocycles. The average molecular weight is 397 g/mol. The Bertz CT molecular complexity index is 1380. The summed E-state index contributed by atoms with van der Waals surface area (Å²) in [5, 5.41) is 10.4. The summed E-state index contributed by atoms with van der Waals surface area (Å²) in [6.45, 7) is 5.91. The van der Waals surface area contributed by atoms with Crippen molar-refractivity contribution in [1.82, 2.24) is 14.1 Å². The van der Waals surface area contributed by atoms with Gasteiger partial charge in [0.25, 0.3) is 0 Å². The predicted molar refractivity (Wildman–Crippen MR) is 119 cm³/mol. The quantitative estimate of drug-likeness (QED) is 0.526. The molecule has 1 aliphatic rings. The monoisotopic (exact) mass is 397 g/mol. The van der Waals surface area contributed by atoms with Crippen molar-refractivity contribution >= 4 is 27.6 Å². The zero-order chi connectivity index (χ0) is 21.0. The number of imidazole rings is 1. The van der Waals surface area contributed by atoms with Crippen LogP contribution in [0.1, 0.15) is 25.8 Å². The maximum absolute atomic E-state index is 13.2. The number of aromatic nitrogens is 3. The fourth-order valence-corrected chi connectivity index (χ4v) is 4.09. The summed E-state index contributed by atoms with van der Waals surface area (Å²) in [4.78, 5) is 20.1. The third-order valence-electron chi connectivity index (χ3n) is 6.21. The van der Waals surface area contributed by atoms with Gasteiger partial charge < -0.3 is 4.90 Å². The zero-order valence-corrected chi connectivity index (χ0v) is 17.4. The Morgan fingerprint density at radius 2 is 1.77 bits per heavy atom. The lowest BCUT2D eigenvalue weighted by Crippen LogP contribution is -2.36. The molecule has 1 fully saturated rings. The molecule has 2 aromatic heterocycles. The van der Waals surface area contributed by atoms with E-state index < -0.39 is 5.41 Å². The van der Waals surface area contributed by atoms with Crippen LogP contribution in [-0.4, -0.2) is 27.2 Å². The minimum Gasteiger partial charge on any atom is -0.371 e. The van der Waals surface area contributed by atoms with Gasteiger partial charge in [0.2, 0.25) is 0 Å². The van der Waals surface area contributed by atoms with Crippen molar-refractivity contribution in [2.45, 2.75) is 25.7 Å². The first kappa shape index (κ1) is 18.4. The van der Waals surface area contributed by atoms with E-state index >= 15 is 0 Å². The standard InChI is InChI=1S/C24H23N5O/c1-24(2,15-25)16-5-7-17(8-6-16)29-22-19-13-18(28-11-4-12-28)9-10-20(19)26-14-21(22)27(3)23(29)30/h5-10,13-14H,4,11-12H2,1-3H3. The molecule has 0 bridgehead atoms. The van der Waals surface area contributed by atoms with E-state index in [1.54, 1.807) is 22.4 Å². The molecule has 0 aliphatic carbocycles.